The third-order valence-corrected chi connectivity index (χ3v) is 8.84. The van der Waals surface area contributed by atoms with Gasteiger partial charge in [-0.25, -0.2) is 4.98 Å². The van der Waals surface area contributed by atoms with Gasteiger partial charge in [0.2, 0.25) is 5.91 Å². The second-order valence-corrected chi connectivity index (χ2v) is 11.7. The maximum absolute atomic E-state index is 13.7. The smallest absolute Gasteiger partial charge is 0.346 e. The molecule has 1 aromatic heterocycles. The predicted molar refractivity (Wildman–Crippen MR) is 166 cm³/mol. The van der Waals surface area contributed by atoms with E-state index in [4.69, 9.17) is 4.98 Å². The summed E-state index contributed by atoms with van der Waals surface area (Å²) in [5, 5.41) is 3.01. The number of carbonyl (C=O) groups excluding carboxylic acids is 1. The van der Waals surface area contributed by atoms with Crippen LogP contribution in [0.2, 0.25) is 0 Å². The number of nitrogens with zero attached hydrogens (tertiary/aromatic N) is 1. The lowest BCUT2D eigenvalue weighted by Crippen LogP contribution is -2.47. The molecule has 2 N–H and O–H groups in total. The highest BCUT2D eigenvalue weighted by molar-refractivity contribution is 7.99. The van der Waals surface area contributed by atoms with Crippen LogP contribution >= 0.6 is 11.8 Å². The number of hydrogen-bond acceptors (Lipinski definition) is 3. The van der Waals surface area contributed by atoms with Gasteiger partial charge in [-0.05, 0) is 35.1 Å². The molecule has 1 heterocycles. The SMILES string of the molecule is O=C(NCC(F)(F)F)C1(CCCCSc2nc(-c3ccccc3)c(-c3ccccc3)[nH]2)c2ccccc2-c2ccccc21. The molecule has 0 spiro atoms. The second-order valence-electron chi connectivity index (χ2n) is 10.6. The average molecular weight is 598 g/mol. The van der Waals surface area contributed by atoms with Gasteiger partial charge in [-0.15, -0.1) is 0 Å². The van der Waals surface area contributed by atoms with Crippen LogP contribution in [0.1, 0.15) is 30.4 Å². The summed E-state index contributed by atoms with van der Waals surface area (Å²) >= 11 is 1.60. The van der Waals surface area contributed by atoms with E-state index in [0.717, 1.165) is 62.1 Å². The van der Waals surface area contributed by atoms with E-state index in [9.17, 15) is 18.0 Å². The first-order valence-electron chi connectivity index (χ1n) is 14.2. The topological polar surface area (TPSA) is 57.8 Å². The maximum Gasteiger partial charge on any atom is 0.405 e. The number of amides is 1. The normalized spacial score (nSPS) is 13.4. The fourth-order valence-electron chi connectivity index (χ4n) is 5.98. The summed E-state index contributed by atoms with van der Waals surface area (Å²) in [6.07, 6.45) is -2.70. The lowest BCUT2D eigenvalue weighted by molar-refractivity contribution is -0.141. The van der Waals surface area contributed by atoms with Crippen molar-refractivity contribution >= 4 is 17.7 Å². The molecule has 218 valence electrons. The Morgan fingerprint density at radius 3 is 1.93 bits per heavy atom. The first-order chi connectivity index (χ1) is 20.9. The Morgan fingerprint density at radius 1 is 0.767 bits per heavy atom. The molecule has 4 aromatic carbocycles. The minimum absolute atomic E-state index is 0.397. The zero-order valence-electron chi connectivity index (χ0n) is 23.3. The summed E-state index contributed by atoms with van der Waals surface area (Å²) in [5.74, 6) is 0.125. The van der Waals surface area contributed by atoms with Crippen LogP contribution in [0.25, 0.3) is 33.6 Å². The summed E-state index contributed by atoms with van der Waals surface area (Å²) in [4.78, 5) is 22.1. The van der Waals surface area contributed by atoms with Gasteiger partial charge in [0.05, 0.1) is 11.4 Å². The van der Waals surface area contributed by atoms with E-state index >= 15 is 0 Å². The first kappa shape index (κ1) is 28.8. The summed E-state index contributed by atoms with van der Waals surface area (Å²) in [5.41, 5.74) is 6.03. The lowest BCUT2D eigenvalue weighted by Gasteiger charge is -2.31. The van der Waals surface area contributed by atoms with Crippen molar-refractivity contribution in [2.24, 2.45) is 0 Å². The Labute approximate surface area is 252 Å². The molecule has 0 unspecified atom stereocenters. The maximum atomic E-state index is 13.7. The standard InChI is InChI=1S/C35H30F3N3OS/c36-35(37,38)23-39-32(42)34(28-19-9-7-17-26(28)27-18-8-10-20-29(27)34)21-11-12-22-43-33-40-30(24-13-3-1-4-14-24)31(41-33)25-15-5-2-6-16-25/h1-10,13-20H,11-12,21-23H2,(H,39,42)(H,40,41). The second kappa shape index (κ2) is 12.1. The molecule has 0 atom stereocenters. The Morgan fingerprint density at radius 2 is 1.33 bits per heavy atom. The Hall–Kier alpha value is -4.30. The van der Waals surface area contributed by atoms with Crippen LogP contribution in [0.3, 0.4) is 0 Å². The molecule has 0 bridgehead atoms. The molecular weight excluding hydrogens is 567 g/mol. The van der Waals surface area contributed by atoms with Gasteiger partial charge in [0.1, 0.15) is 12.0 Å². The predicted octanol–water partition coefficient (Wildman–Crippen LogP) is 8.65. The third kappa shape index (κ3) is 5.84. The lowest BCUT2D eigenvalue weighted by atomic mass is 9.73. The number of unbranched alkanes of at least 4 members (excludes halogenated alkanes) is 1. The van der Waals surface area contributed by atoms with Crippen molar-refractivity contribution in [3.8, 4) is 33.6 Å². The summed E-state index contributed by atoms with van der Waals surface area (Å²) < 4.78 is 39.5. The van der Waals surface area contributed by atoms with E-state index in [1.54, 1.807) is 11.8 Å². The van der Waals surface area contributed by atoms with E-state index < -0.39 is 24.0 Å². The van der Waals surface area contributed by atoms with Crippen molar-refractivity contribution in [2.45, 2.75) is 36.0 Å². The van der Waals surface area contributed by atoms with Crippen molar-refractivity contribution in [1.29, 1.82) is 0 Å². The van der Waals surface area contributed by atoms with Gasteiger partial charge < -0.3 is 10.3 Å². The molecule has 0 saturated carbocycles. The molecule has 43 heavy (non-hydrogen) atoms. The van der Waals surface area contributed by atoms with Gasteiger partial charge >= 0.3 is 6.18 Å². The molecule has 6 rings (SSSR count). The highest BCUT2D eigenvalue weighted by Crippen LogP contribution is 2.51. The van der Waals surface area contributed by atoms with Crippen molar-refractivity contribution < 1.29 is 18.0 Å². The van der Waals surface area contributed by atoms with E-state index in [1.165, 1.54) is 0 Å². The highest BCUT2D eigenvalue weighted by Gasteiger charge is 2.49. The van der Waals surface area contributed by atoms with E-state index in [1.807, 2.05) is 97.1 Å². The molecule has 0 aliphatic heterocycles. The van der Waals surface area contributed by atoms with E-state index in [-0.39, 0.29) is 0 Å². The largest absolute Gasteiger partial charge is 0.405 e. The van der Waals surface area contributed by atoms with Crippen LogP contribution in [-0.2, 0) is 10.2 Å². The van der Waals surface area contributed by atoms with Crippen LogP contribution in [0.4, 0.5) is 13.2 Å². The summed E-state index contributed by atoms with van der Waals surface area (Å²) in [6.45, 7) is -1.36. The van der Waals surface area contributed by atoms with Gasteiger partial charge in [0.15, 0.2) is 5.16 Å². The number of hydrogen-bond donors (Lipinski definition) is 2. The number of rotatable bonds is 10. The Kier molecular flexibility index (Phi) is 8.13. The third-order valence-electron chi connectivity index (χ3n) is 7.88. The fourth-order valence-corrected chi connectivity index (χ4v) is 6.86. The number of benzene rings is 4. The van der Waals surface area contributed by atoms with Crippen LogP contribution in [0.5, 0.6) is 0 Å². The number of imidazole rings is 1. The van der Waals surface area contributed by atoms with Crippen molar-refractivity contribution in [3.05, 3.63) is 120 Å². The Balaban J connectivity index is 1.21. The van der Waals surface area contributed by atoms with Crippen molar-refractivity contribution in [2.75, 3.05) is 12.3 Å². The first-order valence-corrected chi connectivity index (χ1v) is 15.2. The van der Waals surface area contributed by atoms with Gasteiger partial charge in [-0.3, -0.25) is 4.79 Å². The average Bonchev–Trinajstić information content (AvgIpc) is 3.59. The number of aromatic amines is 1. The number of thioether (sulfide) groups is 1. The summed E-state index contributed by atoms with van der Waals surface area (Å²) in [7, 11) is 0. The highest BCUT2D eigenvalue weighted by atomic mass is 32.2. The van der Waals surface area contributed by atoms with Gasteiger partial charge in [0.25, 0.3) is 0 Å². The number of alkyl halides is 3. The molecule has 0 fully saturated rings. The molecular formula is C35H30F3N3OS. The fraction of sp³-hybridized carbons (Fsp3) is 0.200. The molecule has 1 amide bonds. The Bertz CT molecular complexity index is 1620. The summed E-state index contributed by atoms with van der Waals surface area (Å²) in [6, 6.07) is 35.2. The zero-order chi connectivity index (χ0) is 29.9. The minimum Gasteiger partial charge on any atom is -0.346 e. The number of halogens is 3. The van der Waals surface area contributed by atoms with Crippen LogP contribution in [0.15, 0.2) is 114 Å². The van der Waals surface area contributed by atoms with E-state index in [0.29, 0.717) is 12.8 Å². The number of nitrogens with one attached hydrogen (secondary N) is 2. The van der Waals surface area contributed by atoms with Gasteiger partial charge in [-0.1, -0.05) is 127 Å². The zero-order valence-corrected chi connectivity index (χ0v) is 24.1. The molecule has 0 saturated heterocycles. The number of carbonyl (C=O) groups is 1. The molecule has 4 nitrogen and oxygen atoms in total. The van der Waals surface area contributed by atoms with E-state index in [2.05, 4.69) is 22.4 Å². The van der Waals surface area contributed by atoms with Crippen LogP contribution < -0.4 is 5.32 Å². The minimum atomic E-state index is -4.49. The molecule has 1 aliphatic carbocycles. The molecule has 8 heteroatoms. The van der Waals surface area contributed by atoms with Gasteiger partial charge in [0, 0.05) is 16.9 Å². The molecule has 5 aromatic rings. The van der Waals surface area contributed by atoms with Crippen molar-refractivity contribution in [1.82, 2.24) is 15.3 Å². The van der Waals surface area contributed by atoms with Crippen molar-refractivity contribution in [3.63, 3.8) is 0 Å². The quantitative estimate of drug-likeness (QED) is 0.125. The van der Waals surface area contributed by atoms with Crippen LogP contribution in [-0.4, -0.2) is 34.3 Å². The van der Waals surface area contributed by atoms with Gasteiger partial charge in [-0.2, -0.15) is 13.2 Å². The monoisotopic (exact) mass is 597 g/mol. The molecule has 1 aliphatic rings. The number of H-pyrrole nitrogens is 1. The van der Waals surface area contributed by atoms with Crippen LogP contribution in [0, 0.1) is 0 Å². The number of fused-ring (bicyclic) bond motifs is 3. The number of aromatic nitrogens is 2. The molecule has 0 radical (unpaired) electrons.